The van der Waals surface area contributed by atoms with Crippen LogP contribution in [0.2, 0.25) is 0 Å². The zero-order valence-electron chi connectivity index (χ0n) is 10.6. The summed E-state index contributed by atoms with van der Waals surface area (Å²) in [5.74, 6) is -2.94. The molecule has 21 heavy (non-hydrogen) atoms. The van der Waals surface area contributed by atoms with Gasteiger partial charge in [-0.2, -0.15) is 8.78 Å². The first-order valence-corrected chi connectivity index (χ1v) is 7.55. The van der Waals surface area contributed by atoms with Crippen LogP contribution in [-0.4, -0.2) is 11.7 Å². The maximum Gasteiger partial charge on any atom is 0.288 e. The maximum absolute atomic E-state index is 12.5. The van der Waals surface area contributed by atoms with E-state index in [9.17, 15) is 13.6 Å². The highest BCUT2D eigenvalue weighted by atomic mass is 79.9. The van der Waals surface area contributed by atoms with Crippen LogP contribution in [0.3, 0.4) is 0 Å². The smallest absolute Gasteiger partial charge is 0.288 e. The summed E-state index contributed by atoms with van der Waals surface area (Å²) in [6, 6.07) is 11.2. The van der Waals surface area contributed by atoms with Gasteiger partial charge in [0.15, 0.2) is 0 Å². The number of alkyl halides is 2. The minimum absolute atomic E-state index is 0.315. The number of nitrogen functional groups attached to an aromatic ring is 1. The van der Waals surface area contributed by atoms with Gasteiger partial charge in [-0.1, -0.05) is 23.9 Å². The van der Waals surface area contributed by atoms with E-state index in [2.05, 4.69) is 21.2 Å². The van der Waals surface area contributed by atoms with Crippen LogP contribution in [0.4, 0.5) is 20.2 Å². The van der Waals surface area contributed by atoms with E-state index in [1.54, 1.807) is 36.4 Å². The van der Waals surface area contributed by atoms with Crippen LogP contribution in [0.5, 0.6) is 0 Å². The third kappa shape index (κ3) is 4.18. The molecule has 0 fully saturated rings. The van der Waals surface area contributed by atoms with Crippen molar-refractivity contribution in [1.29, 1.82) is 0 Å². The molecule has 3 nitrogen and oxygen atoms in total. The summed E-state index contributed by atoms with van der Waals surface area (Å²) in [6.07, 6.45) is 0. The van der Waals surface area contributed by atoms with E-state index in [1.165, 1.54) is 6.07 Å². The Morgan fingerprint density at radius 2 is 1.95 bits per heavy atom. The van der Waals surface area contributed by atoms with Crippen molar-refractivity contribution in [2.24, 2.45) is 0 Å². The van der Waals surface area contributed by atoms with Crippen LogP contribution < -0.4 is 11.1 Å². The number of carbonyl (C=O) groups is 1. The topological polar surface area (TPSA) is 55.1 Å². The predicted molar refractivity (Wildman–Crippen MR) is 84.8 cm³/mol. The highest BCUT2D eigenvalue weighted by molar-refractivity contribution is 9.10. The Labute approximate surface area is 133 Å². The lowest BCUT2D eigenvalue weighted by Gasteiger charge is -2.10. The largest absolute Gasteiger partial charge is 0.398 e. The van der Waals surface area contributed by atoms with Gasteiger partial charge in [0.2, 0.25) is 0 Å². The molecule has 110 valence electrons. The van der Waals surface area contributed by atoms with Gasteiger partial charge in [0.25, 0.3) is 11.7 Å². The average Bonchev–Trinajstić information content (AvgIpc) is 2.43. The Balaban J connectivity index is 2.21. The molecule has 2 aromatic rings. The lowest BCUT2D eigenvalue weighted by molar-refractivity contribution is 0.102. The number of halogens is 3. The maximum atomic E-state index is 12.5. The van der Waals surface area contributed by atoms with Crippen molar-refractivity contribution in [2.45, 2.75) is 10.7 Å². The Morgan fingerprint density at radius 3 is 2.62 bits per heavy atom. The number of anilines is 2. The fourth-order valence-corrected chi connectivity index (χ4v) is 2.61. The number of hydrogen-bond donors (Lipinski definition) is 2. The molecule has 0 atom stereocenters. The first-order valence-electron chi connectivity index (χ1n) is 5.87. The number of rotatable bonds is 4. The van der Waals surface area contributed by atoms with E-state index in [0.29, 0.717) is 38.1 Å². The normalized spacial score (nSPS) is 10.7. The van der Waals surface area contributed by atoms with Crippen LogP contribution >= 0.6 is 27.7 Å². The summed E-state index contributed by atoms with van der Waals surface area (Å²) < 4.78 is 25.6. The minimum Gasteiger partial charge on any atom is -0.398 e. The first-order chi connectivity index (χ1) is 9.97. The summed E-state index contributed by atoms with van der Waals surface area (Å²) in [4.78, 5) is 12.5. The molecule has 1 amide bonds. The second-order valence-electron chi connectivity index (χ2n) is 4.07. The van der Waals surface area contributed by atoms with E-state index in [0.717, 1.165) is 0 Å². The average molecular weight is 373 g/mol. The number of benzene rings is 2. The number of thioether (sulfide) groups is 1. The second kappa shape index (κ2) is 6.91. The van der Waals surface area contributed by atoms with Crippen molar-refractivity contribution in [2.75, 3.05) is 11.1 Å². The second-order valence-corrected chi connectivity index (χ2v) is 5.95. The monoisotopic (exact) mass is 372 g/mol. The summed E-state index contributed by atoms with van der Waals surface area (Å²) >= 11 is 3.63. The molecule has 0 aromatic heterocycles. The molecule has 0 bridgehead atoms. The molecule has 0 spiro atoms. The molecular weight excluding hydrogens is 362 g/mol. The van der Waals surface area contributed by atoms with Gasteiger partial charge >= 0.3 is 0 Å². The van der Waals surface area contributed by atoms with Gasteiger partial charge in [-0.3, -0.25) is 4.79 Å². The van der Waals surface area contributed by atoms with Crippen LogP contribution in [-0.2, 0) is 0 Å². The summed E-state index contributed by atoms with van der Waals surface area (Å²) in [7, 11) is 0. The van der Waals surface area contributed by atoms with Crippen molar-refractivity contribution in [3.63, 3.8) is 0 Å². The molecule has 0 aliphatic carbocycles. The number of nitrogens with one attached hydrogen (secondary N) is 1. The van der Waals surface area contributed by atoms with Crippen molar-refractivity contribution in [3.05, 3.63) is 52.5 Å². The fourth-order valence-electron chi connectivity index (χ4n) is 1.63. The zero-order valence-corrected chi connectivity index (χ0v) is 13.0. The Bertz CT molecular complexity index is 667. The Kier molecular flexibility index (Phi) is 5.19. The Hall–Kier alpha value is -1.60. The molecule has 2 rings (SSSR count). The number of amides is 1. The highest BCUT2D eigenvalue weighted by Crippen LogP contribution is 2.32. The molecule has 3 N–H and O–H groups in total. The summed E-state index contributed by atoms with van der Waals surface area (Å²) in [5.41, 5.74) is 6.90. The highest BCUT2D eigenvalue weighted by Gasteiger charge is 2.13. The standard InChI is InChI=1S/C14H11BrF2N2OS/c15-9-7-8(5-6-10(9)18)13(20)19-11-3-1-2-4-12(11)21-14(16)17/h1-7,14H,18H2,(H,19,20). The van der Waals surface area contributed by atoms with Gasteiger partial charge in [0.1, 0.15) is 0 Å². The number of para-hydroxylation sites is 1. The van der Waals surface area contributed by atoms with Crippen LogP contribution in [0.15, 0.2) is 51.8 Å². The predicted octanol–water partition coefficient (Wildman–Crippen LogP) is 4.60. The van der Waals surface area contributed by atoms with Crippen LogP contribution in [0.1, 0.15) is 10.4 Å². The van der Waals surface area contributed by atoms with E-state index in [-0.39, 0.29) is 0 Å². The van der Waals surface area contributed by atoms with Crippen molar-refractivity contribution in [3.8, 4) is 0 Å². The van der Waals surface area contributed by atoms with E-state index in [4.69, 9.17) is 5.73 Å². The lowest BCUT2D eigenvalue weighted by atomic mass is 10.2. The number of nitrogens with two attached hydrogens (primary N) is 1. The third-order valence-electron chi connectivity index (χ3n) is 2.61. The molecule has 0 radical (unpaired) electrons. The third-order valence-corrected chi connectivity index (χ3v) is 4.09. The van der Waals surface area contributed by atoms with Gasteiger partial charge < -0.3 is 11.1 Å². The van der Waals surface area contributed by atoms with Crippen LogP contribution in [0, 0.1) is 0 Å². The number of carbonyl (C=O) groups excluding carboxylic acids is 1. The molecule has 0 aliphatic rings. The van der Waals surface area contributed by atoms with Gasteiger partial charge in [-0.15, -0.1) is 0 Å². The molecule has 2 aromatic carbocycles. The molecular formula is C14H11BrF2N2OS. The lowest BCUT2D eigenvalue weighted by Crippen LogP contribution is -2.12. The molecule has 0 heterocycles. The minimum atomic E-state index is -2.55. The number of hydrogen-bond acceptors (Lipinski definition) is 3. The van der Waals surface area contributed by atoms with Crippen molar-refractivity contribution < 1.29 is 13.6 Å². The first kappa shape index (κ1) is 15.8. The van der Waals surface area contributed by atoms with E-state index in [1.807, 2.05) is 0 Å². The molecule has 0 aliphatic heterocycles. The van der Waals surface area contributed by atoms with Gasteiger partial charge in [0.05, 0.1) is 5.69 Å². The van der Waals surface area contributed by atoms with E-state index >= 15 is 0 Å². The Morgan fingerprint density at radius 1 is 1.24 bits per heavy atom. The summed E-state index contributed by atoms with van der Waals surface area (Å²) in [5, 5.41) is 2.62. The van der Waals surface area contributed by atoms with Gasteiger partial charge in [0, 0.05) is 20.6 Å². The zero-order chi connectivity index (χ0) is 15.4. The quantitative estimate of drug-likeness (QED) is 0.609. The fraction of sp³-hybridized carbons (Fsp3) is 0.0714. The SMILES string of the molecule is Nc1ccc(C(=O)Nc2ccccc2SC(F)F)cc1Br. The van der Waals surface area contributed by atoms with Gasteiger partial charge in [-0.05, 0) is 46.3 Å². The van der Waals surface area contributed by atoms with Crippen molar-refractivity contribution in [1.82, 2.24) is 0 Å². The molecule has 7 heteroatoms. The van der Waals surface area contributed by atoms with Gasteiger partial charge in [-0.25, -0.2) is 0 Å². The molecule has 0 saturated heterocycles. The van der Waals surface area contributed by atoms with Crippen LogP contribution in [0.25, 0.3) is 0 Å². The van der Waals surface area contributed by atoms with Crippen molar-refractivity contribution >= 4 is 45.0 Å². The molecule has 0 saturated carbocycles. The summed E-state index contributed by atoms with van der Waals surface area (Å²) in [6.45, 7) is 0. The van der Waals surface area contributed by atoms with E-state index < -0.39 is 11.7 Å². The molecule has 0 unspecified atom stereocenters.